The summed E-state index contributed by atoms with van der Waals surface area (Å²) in [4.78, 5) is 8.45. The third-order valence-electron chi connectivity index (χ3n) is 3.73. The summed E-state index contributed by atoms with van der Waals surface area (Å²) in [7, 11) is 0. The Morgan fingerprint density at radius 3 is 2.48 bits per heavy atom. The van der Waals surface area contributed by atoms with Gasteiger partial charge >= 0.3 is 0 Å². The summed E-state index contributed by atoms with van der Waals surface area (Å²) in [6, 6.07) is 12.6. The SMILES string of the molecule is Cc1ccc(C(C)n2cncc2-c2ccc(N)nc2)cc1. The van der Waals surface area contributed by atoms with Gasteiger partial charge in [-0.3, -0.25) is 0 Å². The minimum absolute atomic E-state index is 0.209. The Hall–Kier alpha value is -2.62. The molecule has 0 radical (unpaired) electrons. The fourth-order valence-electron chi connectivity index (χ4n) is 2.40. The second-order valence-electron chi connectivity index (χ2n) is 5.24. The van der Waals surface area contributed by atoms with Gasteiger partial charge in [-0.2, -0.15) is 0 Å². The lowest BCUT2D eigenvalue weighted by molar-refractivity contribution is 0.644. The molecule has 3 aromatic rings. The third-order valence-corrected chi connectivity index (χ3v) is 3.73. The molecule has 1 atom stereocenters. The molecule has 2 N–H and O–H groups in total. The van der Waals surface area contributed by atoms with Crippen LogP contribution < -0.4 is 5.73 Å². The molecule has 106 valence electrons. The number of nitrogen functional groups attached to an aromatic ring is 1. The van der Waals surface area contributed by atoms with E-state index < -0.39 is 0 Å². The predicted molar refractivity (Wildman–Crippen MR) is 84.9 cm³/mol. The molecule has 0 amide bonds. The van der Waals surface area contributed by atoms with Crippen molar-refractivity contribution in [3.05, 3.63) is 66.2 Å². The maximum absolute atomic E-state index is 5.65. The molecule has 21 heavy (non-hydrogen) atoms. The summed E-state index contributed by atoms with van der Waals surface area (Å²) in [5, 5.41) is 0. The molecule has 4 nitrogen and oxygen atoms in total. The van der Waals surface area contributed by atoms with E-state index in [0.29, 0.717) is 5.82 Å². The summed E-state index contributed by atoms with van der Waals surface area (Å²) < 4.78 is 2.15. The zero-order valence-corrected chi connectivity index (χ0v) is 12.2. The van der Waals surface area contributed by atoms with E-state index in [9.17, 15) is 0 Å². The van der Waals surface area contributed by atoms with Crippen LogP contribution in [0.1, 0.15) is 24.1 Å². The van der Waals surface area contributed by atoms with Crippen LogP contribution in [0.15, 0.2) is 55.1 Å². The lowest BCUT2D eigenvalue weighted by atomic mass is 10.1. The number of hydrogen-bond donors (Lipinski definition) is 1. The Morgan fingerprint density at radius 1 is 1.05 bits per heavy atom. The van der Waals surface area contributed by atoms with Crippen molar-refractivity contribution in [2.45, 2.75) is 19.9 Å². The number of nitrogens with zero attached hydrogens (tertiary/aromatic N) is 3. The second kappa shape index (κ2) is 5.40. The van der Waals surface area contributed by atoms with Crippen LogP contribution in [0, 0.1) is 6.92 Å². The van der Waals surface area contributed by atoms with E-state index >= 15 is 0 Å². The van der Waals surface area contributed by atoms with Crippen molar-refractivity contribution in [2.24, 2.45) is 0 Å². The first-order chi connectivity index (χ1) is 10.1. The Balaban J connectivity index is 1.98. The molecule has 0 fully saturated rings. The first-order valence-corrected chi connectivity index (χ1v) is 6.95. The van der Waals surface area contributed by atoms with Crippen LogP contribution in [-0.2, 0) is 0 Å². The number of benzene rings is 1. The number of rotatable bonds is 3. The predicted octanol–water partition coefficient (Wildman–Crippen LogP) is 3.45. The topological polar surface area (TPSA) is 56.7 Å². The van der Waals surface area contributed by atoms with E-state index in [4.69, 9.17) is 5.73 Å². The highest BCUT2D eigenvalue weighted by molar-refractivity contribution is 5.59. The third kappa shape index (κ3) is 2.65. The lowest BCUT2D eigenvalue weighted by Gasteiger charge is -2.17. The zero-order valence-electron chi connectivity index (χ0n) is 12.2. The minimum Gasteiger partial charge on any atom is -0.384 e. The highest BCUT2D eigenvalue weighted by atomic mass is 15.1. The van der Waals surface area contributed by atoms with Gasteiger partial charge in [0.25, 0.3) is 0 Å². The molecule has 1 aromatic carbocycles. The van der Waals surface area contributed by atoms with Crippen LogP contribution in [0.2, 0.25) is 0 Å². The van der Waals surface area contributed by atoms with E-state index in [-0.39, 0.29) is 6.04 Å². The number of anilines is 1. The van der Waals surface area contributed by atoms with Gasteiger partial charge in [-0.25, -0.2) is 9.97 Å². The average Bonchev–Trinajstić information content (AvgIpc) is 2.97. The van der Waals surface area contributed by atoms with E-state index in [1.54, 1.807) is 6.20 Å². The highest BCUT2D eigenvalue weighted by Gasteiger charge is 2.13. The lowest BCUT2D eigenvalue weighted by Crippen LogP contribution is -2.07. The van der Waals surface area contributed by atoms with Crippen molar-refractivity contribution >= 4 is 5.82 Å². The zero-order chi connectivity index (χ0) is 14.8. The van der Waals surface area contributed by atoms with Gasteiger partial charge in [-0.1, -0.05) is 29.8 Å². The second-order valence-corrected chi connectivity index (χ2v) is 5.24. The van der Waals surface area contributed by atoms with E-state index in [0.717, 1.165) is 11.3 Å². The van der Waals surface area contributed by atoms with Gasteiger partial charge in [-0.05, 0) is 31.5 Å². The molecule has 2 aromatic heterocycles. The molecular weight excluding hydrogens is 260 g/mol. The average molecular weight is 278 g/mol. The van der Waals surface area contributed by atoms with Crippen LogP contribution in [0.4, 0.5) is 5.82 Å². The summed E-state index contributed by atoms with van der Waals surface area (Å²) in [6.45, 7) is 4.26. The molecule has 3 rings (SSSR count). The molecule has 0 aliphatic heterocycles. The first-order valence-electron chi connectivity index (χ1n) is 6.95. The van der Waals surface area contributed by atoms with Gasteiger partial charge in [0.1, 0.15) is 5.82 Å². The van der Waals surface area contributed by atoms with Crippen molar-refractivity contribution in [1.82, 2.24) is 14.5 Å². The molecule has 2 heterocycles. The normalized spacial score (nSPS) is 12.3. The van der Waals surface area contributed by atoms with Gasteiger partial charge in [0.2, 0.25) is 0 Å². The van der Waals surface area contributed by atoms with Crippen LogP contribution in [0.3, 0.4) is 0 Å². The first kappa shape index (κ1) is 13.4. The molecule has 0 saturated carbocycles. The Labute approximate surface area is 124 Å². The van der Waals surface area contributed by atoms with E-state index in [1.165, 1.54) is 11.1 Å². The fourth-order valence-corrected chi connectivity index (χ4v) is 2.40. The van der Waals surface area contributed by atoms with Crippen molar-refractivity contribution in [3.8, 4) is 11.3 Å². The summed E-state index contributed by atoms with van der Waals surface area (Å²) in [5.41, 5.74) is 10.2. The van der Waals surface area contributed by atoms with Crippen molar-refractivity contribution in [1.29, 1.82) is 0 Å². The van der Waals surface area contributed by atoms with Crippen LogP contribution in [0.5, 0.6) is 0 Å². The minimum atomic E-state index is 0.209. The number of aromatic nitrogens is 3. The van der Waals surface area contributed by atoms with E-state index in [1.807, 2.05) is 24.7 Å². The van der Waals surface area contributed by atoms with Crippen molar-refractivity contribution < 1.29 is 0 Å². The summed E-state index contributed by atoms with van der Waals surface area (Å²) in [6.07, 6.45) is 5.50. The monoisotopic (exact) mass is 278 g/mol. The standard InChI is InChI=1S/C17H18N4/c1-12-3-5-14(6-4-12)13(2)21-11-19-10-16(21)15-7-8-17(18)20-9-15/h3-11,13H,1-2H3,(H2,18,20). The molecule has 0 aliphatic carbocycles. The Kier molecular flexibility index (Phi) is 3.44. The molecule has 0 bridgehead atoms. The summed E-state index contributed by atoms with van der Waals surface area (Å²) in [5.74, 6) is 0.524. The number of hydrogen-bond acceptors (Lipinski definition) is 3. The number of pyridine rings is 1. The van der Waals surface area contributed by atoms with Crippen molar-refractivity contribution in [2.75, 3.05) is 5.73 Å². The van der Waals surface area contributed by atoms with Gasteiger partial charge in [0, 0.05) is 11.8 Å². The molecule has 1 unspecified atom stereocenters. The van der Waals surface area contributed by atoms with Gasteiger partial charge in [-0.15, -0.1) is 0 Å². The quantitative estimate of drug-likeness (QED) is 0.798. The number of nitrogens with two attached hydrogens (primary N) is 1. The highest BCUT2D eigenvalue weighted by Crippen LogP contribution is 2.26. The van der Waals surface area contributed by atoms with Gasteiger partial charge < -0.3 is 10.3 Å². The number of aryl methyl sites for hydroxylation is 1. The Morgan fingerprint density at radius 2 is 1.81 bits per heavy atom. The van der Waals surface area contributed by atoms with Gasteiger partial charge in [0.15, 0.2) is 0 Å². The maximum atomic E-state index is 5.65. The fraction of sp³-hybridized carbons (Fsp3) is 0.176. The molecular formula is C17H18N4. The van der Waals surface area contributed by atoms with Crippen molar-refractivity contribution in [3.63, 3.8) is 0 Å². The smallest absolute Gasteiger partial charge is 0.123 e. The van der Waals surface area contributed by atoms with Crippen LogP contribution in [0.25, 0.3) is 11.3 Å². The van der Waals surface area contributed by atoms with Gasteiger partial charge in [0.05, 0.1) is 24.3 Å². The number of imidazole rings is 1. The maximum Gasteiger partial charge on any atom is 0.123 e. The molecule has 0 saturated heterocycles. The molecule has 0 spiro atoms. The van der Waals surface area contributed by atoms with Crippen LogP contribution >= 0.6 is 0 Å². The molecule has 0 aliphatic rings. The molecule has 4 heteroatoms. The van der Waals surface area contributed by atoms with E-state index in [2.05, 4.69) is 52.6 Å². The largest absolute Gasteiger partial charge is 0.384 e. The Bertz CT molecular complexity index is 726. The summed E-state index contributed by atoms with van der Waals surface area (Å²) >= 11 is 0. The van der Waals surface area contributed by atoms with Crippen LogP contribution in [-0.4, -0.2) is 14.5 Å².